The van der Waals surface area contributed by atoms with Crippen LogP contribution in [0.2, 0.25) is 0 Å². The van der Waals surface area contributed by atoms with Gasteiger partial charge in [0.15, 0.2) is 11.0 Å². The molecule has 0 aliphatic rings. The van der Waals surface area contributed by atoms with Crippen LogP contribution in [-0.4, -0.2) is 39.5 Å². The molecule has 0 atom stereocenters. The van der Waals surface area contributed by atoms with Crippen LogP contribution in [0.25, 0.3) is 11.4 Å². The molecular formula is C18H20N4O4S2. The normalized spacial score (nSPS) is 10.8. The molecule has 3 aromatic rings. The zero-order valence-corrected chi connectivity index (χ0v) is 17.4. The number of esters is 1. The summed E-state index contributed by atoms with van der Waals surface area (Å²) in [6, 6.07) is 3.48. The summed E-state index contributed by atoms with van der Waals surface area (Å²) in [5, 5.41) is 14.1. The van der Waals surface area contributed by atoms with Gasteiger partial charge in [-0.05, 0) is 30.9 Å². The fourth-order valence-electron chi connectivity index (χ4n) is 2.61. The number of furan rings is 1. The minimum Gasteiger partial charge on any atom is -0.469 e. The number of aromatic nitrogens is 3. The van der Waals surface area contributed by atoms with Gasteiger partial charge in [0.05, 0.1) is 30.3 Å². The summed E-state index contributed by atoms with van der Waals surface area (Å²) in [4.78, 5) is 24.1. The molecule has 0 aliphatic carbocycles. The summed E-state index contributed by atoms with van der Waals surface area (Å²) in [5.74, 6) is 0.927. The lowest BCUT2D eigenvalue weighted by Crippen LogP contribution is -2.16. The number of carbonyl (C=O) groups is 2. The molecule has 0 unspecified atom stereocenters. The average Bonchev–Trinajstić information content (AvgIpc) is 3.40. The molecule has 0 aliphatic heterocycles. The Morgan fingerprint density at radius 1 is 1.36 bits per heavy atom. The van der Waals surface area contributed by atoms with Crippen molar-refractivity contribution in [1.29, 1.82) is 0 Å². The minimum atomic E-state index is -0.480. The number of anilines is 1. The third-order valence-corrected chi connectivity index (χ3v) is 5.72. The number of carbonyl (C=O) groups excluding carboxylic acids is 2. The highest BCUT2D eigenvalue weighted by Crippen LogP contribution is 2.28. The Bertz CT molecular complexity index is 976. The van der Waals surface area contributed by atoms with Gasteiger partial charge in [0.2, 0.25) is 5.91 Å². The van der Waals surface area contributed by atoms with E-state index >= 15 is 0 Å². The summed E-state index contributed by atoms with van der Waals surface area (Å²) >= 11 is 2.57. The van der Waals surface area contributed by atoms with Gasteiger partial charge < -0.3 is 19.0 Å². The quantitative estimate of drug-likeness (QED) is 0.437. The van der Waals surface area contributed by atoms with Crippen molar-refractivity contribution >= 4 is 40.0 Å². The first-order chi connectivity index (χ1) is 13.5. The smallest absolute Gasteiger partial charge is 0.340 e. The maximum absolute atomic E-state index is 12.4. The molecule has 0 saturated carbocycles. The predicted molar refractivity (Wildman–Crippen MR) is 108 cm³/mol. The number of thioether (sulfide) groups is 1. The number of thiophene rings is 1. The summed E-state index contributed by atoms with van der Waals surface area (Å²) in [7, 11) is 1.31. The number of nitrogens with zero attached hydrogens (tertiary/aromatic N) is 3. The third-order valence-electron chi connectivity index (χ3n) is 3.92. The summed E-state index contributed by atoms with van der Waals surface area (Å²) in [6.07, 6.45) is 2.52. The first-order valence-corrected chi connectivity index (χ1v) is 10.5. The highest BCUT2D eigenvalue weighted by atomic mass is 32.2. The van der Waals surface area contributed by atoms with Crippen LogP contribution in [-0.2, 0) is 16.1 Å². The van der Waals surface area contributed by atoms with E-state index in [1.165, 1.54) is 30.2 Å². The van der Waals surface area contributed by atoms with E-state index in [0.717, 1.165) is 30.1 Å². The number of aryl methyl sites for hydroxylation is 1. The monoisotopic (exact) mass is 420 g/mol. The molecule has 28 heavy (non-hydrogen) atoms. The molecule has 0 aromatic carbocycles. The second-order valence-corrected chi connectivity index (χ2v) is 7.70. The number of methoxy groups -OCH3 is 1. The van der Waals surface area contributed by atoms with Crippen LogP contribution in [0.3, 0.4) is 0 Å². The molecule has 0 spiro atoms. The molecule has 3 heterocycles. The van der Waals surface area contributed by atoms with Gasteiger partial charge in [-0.2, -0.15) is 0 Å². The summed E-state index contributed by atoms with van der Waals surface area (Å²) in [5.41, 5.74) is 1.23. The highest BCUT2D eigenvalue weighted by Gasteiger charge is 2.19. The van der Waals surface area contributed by atoms with Crippen molar-refractivity contribution in [2.75, 3.05) is 18.2 Å². The second-order valence-electron chi connectivity index (χ2n) is 5.84. The van der Waals surface area contributed by atoms with Crippen molar-refractivity contribution in [2.45, 2.75) is 32.0 Å². The summed E-state index contributed by atoms with van der Waals surface area (Å²) in [6.45, 7) is 4.67. The van der Waals surface area contributed by atoms with E-state index in [1.54, 1.807) is 17.7 Å². The molecule has 148 valence electrons. The lowest BCUT2D eigenvalue weighted by molar-refractivity contribution is -0.113. The van der Waals surface area contributed by atoms with Crippen LogP contribution >= 0.6 is 23.1 Å². The van der Waals surface area contributed by atoms with Gasteiger partial charge in [0, 0.05) is 6.54 Å². The molecular weight excluding hydrogens is 400 g/mol. The SMILES string of the molecule is CCCn1c(SCC(=O)Nc2sccc2C(=O)OC)nnc1-c1ccoc1C. The topological polar surface area (TPSA) is 99.2 Å². The van der Waals surface area contributed by atoms with Crippen LogP contribution in [0, 0.1) is 6.92 Å². The van der Waals surface area contributed by atoms with Crippen molar-refractivity contribution in [3.63, 3.8) is 0 Å². The molecule has 3 aromatic heterocycles. The maximum atomic E-state index is 12.4. The van der Waals surface area contributed by atoms with Gasteiger partial charge in [-0.3, -0.25) is 4.79 Å². The number of nitrogens with one attached hydrogen (secondary N) is 1. The molecule has 10 heteroatoms. The van der Waals surface area contributed by atoms with Crippen LogP contribution < -0.4 is 5.32 Å². The fourth-order valence-corrected chi connectivity index (χ4v) is 4.16. The van der Waals surface area contributed by atoms with E-state index in [4.69, 9.17) is 9.15 Å². The Morgan fingerprint density at radius 2 is 2.18 bits per heavy atom. The zero-order valence-electron chi connectivity index (χ0n) is 15.7. The van der Waals surface area contributed by atoms with Crippen molar-refractivity contribution in [2.24, 2.45) is 0 Å². The maximum Gasteiger partial charge on any atom is 0.340 e. The molecule has 1 N–H and O–H groups in total. The standard InChI is InChI=1S/C18H20N4O4S2/c1-4-7-22-15(12-5-8-26-11(12)2)20-21-18(22)28-10-14(23)19-16-13(6-9-27-16)17(24)25-3/h5-6,8-9H,4,7,10H2,1-3H3,(H,19,23). The molecule has 0 fully saturated rings. The van der Waals surface area contributed by atoms with Crippen molar-refractivity contribution in [3.8, 4) is 11.4 Å². The van der Waals surface area contributed by atoms with Crippen LogP contribution in [0.5, 0.6) is 0 Å². The lowest BCUT2D eigenvalue weighted by atomic mass is 10.2. The minimum absolute atomic E-state index is 0.144. The largest absolute Gasteiger partial charge is 0.469 e. The van der Waals surface area contributed by atoms with Gasteiger partial charge in [-0.15, -0.1) is 21.5 Å². The number of hydrogen-bond donors (Lipinski definition) is 1. The van der Waals surface area contributed by atoms with Gasteiger partial charge in [-0.1, -0.05) is 18.7 Å². The number of rotatable bonds is 8. The molecule has 0 bridgehead atoms. The first kappa shape index (κ1) is 20.2. The molecule has 3 rings (SSSR count). The van der Waals surface area contributed by atoms with E-state index in [0.29, 0.717) is 15.7 Å². The Balaban J connectivity index is 1.70. The molecule has 1 amide bonds. The van der Waals surface area contributed by atoms with Crippen LogP contribution in [0.15, 0.2) is 33.3 Å². The highest BCUT2D eigenvalue weighted by molar-refractivity contribution is 7.99. The van der Waals surface area contributed by atoms with Gasteiger partial charge >= 0.3 is 5.97 Å². The van der Waals surface area contributed by atoms with E-state index < -0.39 is 5.97 Å². The van der Waals surface area contributed by atoms with Crippen LogP contribution in [0.4, 0.5) is 5.00 Å². The fraction of sp³-hybridized carbons (Fsp3) is 0.333. The van der Waals surface area contributed by atoms with E-state index in [1.807, 2.05) is 17.6 Å². The third kappa shape index (κ3) is 4.28. The Labute approximate surface area is 170 Å². The number of ether oxygens (including phenoxy) is 1. The number of hydrogen-bond acceptors (Lipinski definition) is 8. The molecule has 0 saturated heterocycles. The van der Waals surface area contributed by atoms with E-state index in [2.05, 4.69) is 22.4 Å². The predicted octanol–water partition coefficient (Wildman–Crippen LogP) is 3.84. The second kappa shape index (κ2) is 9.07. The summed E-state index contributed by atoms with van der Waals surface area (Å²) < 4.78 is 12.1. The van der Waals surface area contributed by atoms with Crippen molar-refractivity contribution in [3.05, 3.63) is 35.1 Å². The van der Waals surface area contributed by atoms with Crippen molar-refractivity contribution in [1.82, 2.24) is 14.8 Å². The number of amides is 1. The molecule has 8 nitrogen and oxygen atoms in total. The Hall–Kier alpha value is -2.59. The van der Waals surface area contributed by atoms with Crippen molar-refractivity contribution < 1.29 is 18.7 Å². The lowest BCUT2D eigenvalue weighted by Gasteiger charge is -2.08. The van der Waals surface area contributed by atoms with E-state index in [9.17, 15) is 9.59 Å². The first-order valence-electron chi connectivity index (χ1n) is 8.61. The van der Waals surface area contributed by atoms with E-state index in [-0.39, 0.29) is 11.7 Å². The zero-order chi connectivity index (χ0) is 20.1. The molecule has 0 radical (unpaired) electrons. The van der Waals surface area contributed by atoms with Gasteiger partial charge in [0.25, 0.3) is 0 Å². The van der Waals surface area contributed by atoms with Gasteiger partial charge in [-0.25, -0.2) is 4.79 Å². The Kier molecular flexibility index (Phi) is 6.53. The Morgan fingerprint density at radius 3 is 2.86 bits per heavy atom. The van der Waals surface area contributed by atoms with Gasteiger partial charge in [0.1, 0.15) is 10.8 Å². The van der Waals surface area contributed by atoms with Crippen LogP contribution in [0.1, 0.15) is 29.5 Å². The average molecular weight is 421 g/mol.